The van der Waals surface area contributed by atoms with Crippen LogP contribution >= 0.6 is 0 Å². The average Bonchev–Trinajstić information content (AvgIpc) is 3.70. The highest BCUT2D eigenvalue weighted by Gasteiger charge is 2.70. The summed E-state index contributed by atoms with van der Waals surface area (Å²) in [7, 11) is 2.08. The minimum absolute atomic E-state index is 0.0965. The molecule has 2 aromatic rings. The third-order valence-electron chi connectivity index (χ3n) is 11.6. The lowest BCUT2D eigenvalue weighted by atomic mass is 9.72. The van der Waals surface area contributed by atoms with Crippen molar-refractivity contribution < 1.29 is 24.2 Å². The lowest BCUT2D eigenvalue weighted by Crippen LogP contribution is -2.71. The highest BCUT2D eigenvalue weighted by Crippen LogP contribution is 2.48. The van der Waals surface area contributed by atoms with E-state index in [0.717, 1.165) is 44.0 Å². The number of piperazine rings is 1. The number of hydrogen-bond acceptors (Lipinski definition) is 6. The zero-order valence-electron chi connectivity index (χ0n) is 25.2. The van der Waals surface area contributed by atoms with Gasteiger partial charge in [0.25, 0.3) is 11.8 Å². The van der Waals surface area contributed by atoms with Crippen molar-refractivity contribution in [2.24, 2.45) is 11.8 Å². The van der Waals surface area contributed by atoms with E-state index in [4.69, 9.17) is 4.74 Å². The first-order chi connectivity index (χ1) is 20.7. The van der Waals surface area contributed by atoms with Gasteiger partial charge in [0.2, 0.25) is 17.5 Å². The Kier molecular flexibility index (Phi) is 6.27. The van der Waals surface area contributed by atoms with Gasteiger partial charge in [-0.2, -0.15) is 0 Å². The van der Waals surface area contributed by atoms with Gasteiger partial charge in [-0.3, -0.25) is 24.0 Å². The van der Waals surface area contributed by atoms with Crippen molar-refractivity contribution in [3.8, 4) is 0 Å². The summed E-state index contributed by atoms with van der Waals surface area (Å²) in [4.78, 5) is 50.7. The van der Waals surface area contributed by atoms with Gasteiger partial charge in [-0.15, -0.1) is 0 Å². The van der Waals surface area contributed by atoms with Crippen LogP contribution in [-0.2, 0) is 25.5 Å². The van der Waals surface area contributed by atoms with Gasteiger partial charge in [-0.25, -0.2) is 0 Å². The smallest absolute Gasteiger partial charge is 0.280 e. The van der Waals surface area contributed by atoms with E-state index in [9.17, 15) is 19.5 Å². The van der Waals surface area contributed by atoms with Crippen LogP contribution in [0.3, 0.4) is 0 Å². The Bertz CT molecular complexity index is 1490. The number of aromatic amines is 1. The second-order valence-electron chi connectivity index (χ2n) is 14.2. The molecule has 4 saturated heterocycles. The van der Waals surface area contributed by atoms with Crippen LogP contribution in [0.5, 0.6) is 0 Å². The number of carbonyl (C=O) groups excluding carboxylic acids is 3. The number of piperidine rings is 1. The number of nitrogens with zero attached hydrogens (tertiary/aromatic N) is 3. The number of nitrogens with one attached hydrogen (secondary N) is 2. The van der Waals surface area contributed by atoms with E-state index in [0.29, 0.717) is 44.3 Å². The molecule has 43 heavy (non-hydrogen) atoms. The van der Waals surface area contributed by atoms with Crippen molar-refractivity contribution in [3.63, 3.8) is 0 Å². The number of fused-ring (bicyclic) bond motifs is 5. The van der Waals surface area contributed by atoms with Crippen molar-refractivity contribution in [2.75, 3.05) is 20.1 Å². The zero-order valence-corrected chi connectivity index (χ0v) is 25.2. The number of aliphatic hydroxyl groups is 1. The molecule has 3 N–H and O–H groups in total. The molecule has 0 radical (unpaired) electrons. The predicted octanol–water partition coefficient (Wildman–Crippen LogP) is 2.81. The van der Waals surface area contributed by atoms with E-state index in [1.807, 2.05) is 0 Å². The first kappa shape index (κ1) is 27.6. The van der Waals surface area contributed by atoms with Crippen molar-refractivity contribution >= 4 is 28.6 Å². The van der Waals surface area contributed by atoms with Crippen LogP contribution in [0.4, 0.5) is 0 Å². The molecule has 10 nitrogen and oxygen atoms in total. The van der Waals surface area contributed by atoms with Crippen LogP contribution in [0.1, 0.15) is 81.8 Å². The fourth-order valence-electron chi connectivity index (χ4n) is 9.58. The van der Waals surface area contributed by atoms with Crippen LogP contribution in [-0.4, -0.2) is 92.4 Å². The van der Waals surface area contributed by atoms with Gasteiger partial charge in [0.1, 0.15) is 12.1 Å². The monoisotopic (exact) mass is 589 g/mol. The summed E-state index contributed by atoms with van der Waals surface area (Å²) in [5.41, 5.74) is 1.96. The highest BCUT2D eigenvalue weighted by molar-refractivity contribution is 5.97. The summed E-state index contributed by atoms with van der Waals surface area (Å²) < 4.78 is 6.30. The van der Waals surface area contributed by atoms with Gasteiger partial charge < -0.3 is 25.2 Å². The third-order valence-corrected chi connectivity index (χ3v) is 11.6. The molecule has 5 heterocycles. The van der Waals surface area contributed by atoms with Gasteiger partial charge in [-0.05, 0) is 69.2 Å². The van der Waals surface area contributed by atoms with E-state index < -0.39 is 29.6 Å². The molecule has 2 unspecified atom stereocenters. The largest absolute Gasteiger partial charge is 0.361 e. The molecule has 0 spiro atoms. The quantitative estimate of drug-likeness (QED) is 0.505. The average molecular weight is 590 g/mol. The fourth-order valence-corrected chi connectivity index (χ4v) is 9.58. The molecule has 3 amide bonds. The summed E-state index contributed by atoms with van der Waals surface area (Å²) in [6.07, 6.45) is 11.0. The topological polar surface area (TPSA) is 118 Å². The summed E-state index contributed by atoms with van der Waals surface area (Å²) in [6, 6.07) is 5.23. The predicted molar refractivity (Wildman–Crippen MR) is 158 cm³/mol. The summed E-state index contributed by atoms with van der Waals surface area (Å²) >= 11 is 0. The molecule has 230 valence electrons. The minimum Gasteiger partial charge on any atom is -0.361 e. The van der Waals surface area contributed by atoms with Gasteiger partial charge in [-0.1, -0.05) is 44.2 Å². The second kappa shape index (κ2) is 9.78. The number of ether oxygens (including phenoxy) is 1. The first-order valence-electron chi connectivity index (χ1n) is 16.4. The Hall–Kier alpha value is -2.95. The number of rotatable bonds is 4. The number of benzene rings is 1. The van der Waals surface area contributed by atoms with Crippen molar-refractivity contribution in [3.05, 3.63) is 35.5 Å². The summed E-state index contributed by atoms with van der Waals surface area (Å²) in [5.74, 6) is -2.67. The molecule has 1 aromatic heterocycles. The number of likely N-dealkylation sites (tertiary alicyclic amines) is 1. The van der Waals surface area contributed by atoms with Gasteiger partial charge in [0, 0.05) is 42.1 Å². The number of aromatic nitrogens is 1. The van der Waals surface area contributed by atoms with E-state index in [2.05, 4.69) is 46.6 Å². The third kappa shape index (κ3) is 4.05. The van der Waals surface area contributed by atoms with E-state index in [1.165, 1.54) is 27.8 Å². The lowest BCUT2D eigenvalue weighted by Gasteiger charge is -2.49. The van der Waals surface area contributed by atoms with E-state index in [1.54, 1.807) is 11.8 Å². The number of hydrogen-bond donors (Lipinski definition) is 3. The molecular formula is C33H43N5O5. The minimum atomic E-state index is -1.96. The summed E-state index contributed by atoms with van der Waals surface area (Å²) in [6.45, 7) is 2.67. The molecule has 0 bridgehead atoms. The molecule has 1 aromatic carbocycles. The number of carbonyl (C=O) groups is 3. The van der Waals surface area contributed by atoms with Crippen LogP contribution in [0.15, 0.2) is 24.4 Å². The Morgan fingerprint density at radius 3 is 2.79 bits per heavy atom. The molecule has 2 aliphatic carbocycles. The Morgan fingerprint density at radius 1 is 1.16 bits per heavy atom. The Balaban J connectivity index is 1.06. The summed E-state index contributed by atoms with van der Waals surface area (Å²) in [5, 5.41) is 16.3. The zero-order chi connectivity index (χ0) is 29.7. The molecule has 8 rings (SSSR count). The van der Waals surface area contributed by atoms with Crippen molar-refractivity contribution in [1.29, 1.82) is 0 Å². The van der Waals surface area contributed by atoms with Gasteiger partial charge in [0.15, 0.2) is 0 Å². The van der Waals surface area contributed by atoms with Crippen molar-refractivity contribution in [1.82, 2.24) is 25.0 Å². The van der Waals surface area contributed by atoms with Crippen LogP contribution in [0.2, 0.25) is 0 Å². The maximum absolute atomic E-state index is 14.2. The molecule has 5 fully saturated rings. The normalized spacial score (nSPS) is 37.9. The first-order valence-corrected chi connectivity index (χ1v) is 16.4. The standard InChI is InChI=1S/C33H43N5O5/c1-32(35-29(39)21-15-23-22-10-6-11-24-28(22)20(17-34-24)16-25(23)36(2)18-21)31(41)38-26(14-19-8-4-3-5-9-19)30(40)37-13-7-12-27(37)33(38,42)43-32/h6,10-11,17,19,21,23,25-27,34,42H,3-5,7-9,12-16,18H2,1-2H3,(H,35,39)/t21-,23?,25-,26+,27+,32+,33?/m1/s1. The lowest BCUT2D eigenvalue weighted by molar-refractivity contribution is -0.316. The molecule has 4 aliphatic heterocycles. The number of likely N-dealkylation sites (N-methyl/N-ethyl adjacent to an activating group) is 1. The Labute approximate surface area is 252 Å². The fraction of sp³-hybridized carbons (Fsp3) is 0.667. The molecule has 10 heteroatoms. The van der Waals surface area contributed by atoms with Crippen molar-refractivity contribution in [2.45, 2.75) is 107 Å². The highest BCUT2D eigenvalue weighted by atomic mass is 16.7. The van der Waals surface area contributed by atoms with E-state index >= 15 is 0 Å². The van der Waals surface area contributed by atoms with Crippen LogP contribution in [0.25, 0.3) is 10.9 Å². The molecule has 1 saturated carbocycles. The molecule has 6 aliphatic rings. The second-order valence-corrected chi connectivity index (χ2v) is 14.2. The van der Waals surface area contributed by atoms with E-state index in [-0.39, 0.29) is 23.7 Å². The van der Waals surface area contributed by atoms with Gasteiger partial charge >= 0.3 is 0 Å². The maximum Gasteiger partial charge on any atom is 0.280 e. The van der Waals surface area contributed by atoms with Crippen LogP contribution < -0.4 is 5.32 Å². The SMILES string of the molecule is CN1C[C@H](C(=O)N[C@@]2(C)OC3(O)[C@@H]4CCCN4C(=O)[C@H](CC4CCCCC4)N3C2=O)CC2c3cccc4[nH]cc(c34)C[C@H]21. The van der Waals surface area contributed by atoms with Gasteiger partial charge in [0.05, 0.1) is 5.92 Å². The number of H-pyrrole nitrogens is 1. The van der Waals surface area contributed by atoms with Crippen LogP contribution in [0, 0.1) is 11.8 Å². The molecular weight excluding hydrogens is 546 g/mol. The Morgan fingerprint density at radius 2 is 1.98 bits per heavy atom. The number of amides is 3. The maximum atomic E-state index is 14.2. The molecule has 7 atom stereocenters.